The number of benzene rings is 1. The molecular weight excluding hydrogens is 434 g/mol. The maximum Gasteiger partial charge on any atom is 0.0706 e. The first-order chi connectivity index (χ1) is 14.6. The van der Waals surface area contributed by atoms with Crippen molar-refractivity contribution in [3.8, 4) is 33.5 Å². The van der Waals surface area contributed by atoms with Crippen LogP contribution in [0.3, 0.4) is 0 Å². The van der Waals surface area contributed by atoms with Gasteiger partial charge in [0.25, 0.3) is 0 Å². The van der Waals surface area contributed by atoms with Gasteiger partial charge in [-0.15, -0.1) is 0 Å². The zero-order valence-corrected chi connectivity index (χ0v) is 18.2. The lowest BCUT2D eigenvalue weighted by molar-refractivity contribution is 1.19. The SMILES string of the molecule is C=C/C(Br)=C\c1ccc(-c2cc(-c3cccnc3)cc(-c3cccnc3)c2)nc1C. The standard InChI is InChI=1S/C26H20BrN3/c1-3-25(27)15-19-8-9-26(30-18(19)2)24-13-22(20-6-4-10-28-16-20)12-23(14-24)21-7-5-11-29-17-21/h3-17H,1H2,2H3/b25-15+. The summed E-state index contributed by atoms with van der Waals surface area (Å²) in [6, 6.07) is 18.7. The van der Waals surface area contributed by atoms with Gasteiger partial charge in [-0.3, -0.25) is 15.0 Å². The number of hydrogen-bond acceptors (Lipinski definition) is 3. The molecule has 0 unspecified atom stereocenters. The van der Waals surface area contributed by atoms with Crippen molar-refractivity contribution < 1.29 is 0 Å². The number of aromatic nitrogens is 3. The Bertz CT molecular complexity index is 1160. The third kappa shape index (κ3) is 4.44. The zero-order chi connectivity index (χ0) is 20.9. The predicted molar refractivity (Wildman–Crippen MR) is 128 cm³/mol. The van der Waals surface area contributed by atoms with E-state index in [0.29, 0.717) is 0 Å². The third-order valence-electron chi connectivity index (χ3n) is 4.83. The smallest absolute Gasteiger partial charge is 0.0706 e. The molecule has 0 radical (unpaired) electrons. The van der Waals surface area contributed by atoms with Crippen LogP contribution in [-0.2, 0) is 0 Å². The molecule has 0 saturated heterocycles. The number of nitrogens with zero attached hydrogens (tertiary/aromatic N) is 3. The largest absolute Gasteiger partial charge is 0.264 e. The first-order valence-corrected chi connectivity index (χ1v) is 10.4. The van der Waals surface area contributed by atoms with Gasteiger partial charge in [-0.1, -0.05) is 46.8 Å². The molecule has 3 aromatic heterocycles. The lowest BCUT2D eigenvalue weighted by Crippen LogP contribution is -1.92. The molecule has 0 aliphatic carbocycles. The molecule has 0 aliphatic rings. The van der Waals surface area contributed by atoms with E-state index in [2.05, 4.69) is 74.9 Å². The molecule has 3 heterocycles. The highest BCUT2D eigenvalue weighted by Crippen LogP contribution is 2.32. The van der Waals surface area contributed by atoms with Gasteiger partial charge < -0.3 is 0 Å². The number of hydrogen-bond donors (Lipinski definition) is 0. The fourth-order valence-electron chi connectivity index (χ4n) is 3.27. The second-order valence-electron chi connectivity index (χ2n) is 6.89. The van der Waals surface area contributed by atoms with E-state index in [4.69, 9.17) is 4.98 Å². The molecule has 146 valence electrons. The molecule has 4 heteroatoms. The van der Waals surface area contributed by atoms with Crippen LogP contribution in [0.25, 0.3) is 39.6 Å². The molecule has 3 nitrogen and oxygen atoms in total. The fourth-order valence-corrected chi connectivity index (χ4v) is 3.52. The van der Waals surface area contributed by atoms with E-state index in [-0.39, 0.29) is 0 Å². The maximum absolute atomic E-state index is 4.87. The van der Waals surface area contributed by atoms with Crippen molar-refractivity contribution in [2.75, 3.05) is 0 Å². The molecule has 0 N–H and O–H groups in total. The topological polar surface area (TPSA) is 38.7 Å². The molecule has 0 saturated carbocycles. The van der Waals surface area contributed by atoms with Gasteiger partial charge in [0.2, 0.25) is 0 Å². The second-order valence-corrected chi connectivity index (χ2v) is 7.80. The van der Waals surface area contributed by atoms with Gasteiger partial charge >= 0.3 is 0 Å². The van der Waals surface area contributed by atoms with Crippen LogP contribution in [-0.4, -0.2) is 15.0 Å². The number of halogens is 1. The number of rotatable bonds is 5. The van der Waals surface area contributed by atoms with Crippen LogP contribution in [0, 0.1) is 6.92 Å². The van der Waals surface area contributed by atoms with Crippen LogP contribution >= 0.6 is 15.9 Å². The summed E-state index contributed by atoms with van der Waals surface area (Å²) in [7, 11) is 0. The van der Waals surface area contributed by atoms with Crippen molar-refractivity contribution in [2.45, 2.75) is 6.92 Å². The molecule has 0 amide bonds. The molecule has 4 aromatic rings. The van der Waals surface area contributed by atoms with E-state index in [1.165, 1.54) is 0 Å². The third-order valence-corrected chi connectivity index (χ3v) is 5.39. The van der Waals surface area contributed by atoms with Crippen LogP contribution in [0.4, 0.5) is 0 Å². The van der Waals surface area contributed by atoms with Gasteiger partial charge in [0.05, 0.1) is 5.69 Å². The summed E-state index contributed by atoms with van der Waals surface area (Å²) < 4.78 is 0.928. The quantitative estimate of drug-likeness (QED) is 0.302. The van der Waals surface area contributed by atoms with Gasteiger partial charge in [-0.2, -0.15) is 0 Å². The van der Waals surface area contributed by atoms with Crippen molar-refractivity contribution in [1.29, 1.82) is 0 Å². The molecular formula is C26H20BrN3. The van der Waals surface area contributed by atoms with Crippen LogP contribution in [0.5, 0.6) is 0 Å². The highest BCUT2D eigenvalue weighted by atomic mass is 79.9. The van der Waals surface area contributed by atoms with E-state index in [9.17, 15) is 0 Å². The van der Waals surface area contributed by atoms with E-state index < -0.39 is 0 Å². The van der Waals surface area contributed by atoms with Gasteiger partial charge in [0.15, 0.2) is 0 Å². The van der Waals surface area contributed by atoms with E-state index in [1.807, 2.05) is 37.5 Å². The Balaban J connectivity index is 1.85. The lowest BCUT2D eigenvalue weighted by atomic mass is 9.96. The fraction of sp³-hybridized carbons (Fsp3) is 0.0385. The lowest BCUT2D eigenvalue weighted by Gasteiger charge is -2.11. The first kappa shape index (κ1) is 19.9. The summed E-state index contributed by atoms with van der Waals surface area (Å²) >= 11 is 3.49. The summed E-state index contributed by atoms with van der Waals surface area (Å²) in [4.78, 5) is 13.4. The van der Waals surface area contributed by atoms with Crippen LogP contribution in [0.1, 0.15) is 11.3 Å². The minimum absolute atomic E-state index is 0.926. The maximum atomic E-state index is 4.87. The van der Waals surface area contributed by atoms with Gasteiger partial charge in [0, 0.05) is 51.7 Å². The normalized spacial score (nSPS) is 11.3. The van der Waals surface area contributed by atoms with Crippen LogP contribution in [0.2, 0.25) is 0 Å². The van der Waals surface area contributed by atoms with Gasteiger partial charge in [-0.05, 0) is 66.1 Å². The molecule has 1 aromatic carbocycles. The molecule has 0 bridgehead atoms. The summed E-state index contributed by atoms with van der Waals surface area (Å²) in [6.07, 6.45) is 11.1. The molecule has 0 atom stereocenters. The van der Waals surface area contributed by atoms with E-state index >= 15 is 0 Å². The summed E-state index contributed by atoms with van der Waals surface area (Å²) in [5, 5.41) is 0. The average Bonchev–Trinajstić information content (AvgIpc) is 2.81. The Kier molecular flexibility index (Phi) is 5.96. The van der Waals surface area contributed by atoms with Crippen molar-refractivity contribution in [3.63, 3.8) is 0 Å². The van der Waals surface area contributed by atoms with Gasteiger partial charge in [0.1, 0.15) is 0 Å². The Morgan fingerprint density at radius 3 is 1.93 bits per heavy atom. The molecule has 30 heavy (non-hydrogen) atoms. The van der Waals surface area contributed by atoms with E-state index in [0.717, 1.165) is 49.3 Å². The summed E-state index contributed by atoms with van der Waals surface area (Å²) in [5.41, 5.74) is 8.32. The monoisotopic (exact) mass is 453 g/mol. The van der Waals surface area contributed by atoms with E-state index in [1.54, 1.807) is 18.5 Å². The summed E-state index contributed by atoms with van der Waals surface area (Å²) in [5.74, 6) is 0. The average molecular weight is 454 g/mol. The number of allylic oxidation sites excluding steroid dienone is 2. The Labute approximate surface area is 185 Å². The molecule has 0 spiro atoms. The minimum atomic E-state index is 0.926. The number of pyridine rings is 3. The van der Waals surface area contributed by atoms with Crippen molar-refractivity contribution in [2.24, 2.45) is 0 Å². The summed E-state index contributed by atoms with van der Waals surface area (Å²) in [6.45, 7) is 5.80. The zero-order valence-electron chi connectivity index (χ0n) is 16.6. The Morgan fingerprint density at radius 2 is 1.43 bits per heavy atom. The molecule has 0 aliphatic heterocycles. The second kappa shape index (κ2) is 8.97. The molecule has 0 fully saturated rings. The Hall–Kier alpha value is -3.37. The number of aryl methyl sites for hydroxylation is 1. The van der Waals surface area contributed by atoms with Crippen molar-refractivity contribution in [3.05, 3.63) is 108 Å². The molecule has 4 rings (SSSR count). The van der Waals surface area contributed by atoms with Gasteiger partial charge in [-0.25, -0.2) is 0 Å². The van der Waals surface area contributed by atoms with Crippen LogP contribution in [0.15, 0.2) is 96.5 Å². The van der Waals surface area contributed by atoms with Crippen molar-refractivity contribution >= 4 is 22.0 Å². The van der Waals surface area contributed by atoms with Crippen molar-refractivity contribution in [1.82, 2.24) is 15.0 Å². The van der Waals surface area contributed by atoms with Crippen LogP contribution < -0.4 is 0 Å². The first-order valence-electron chi connectivity index (χ1n) is 9.57. The highest BCUT2D eigenvalue weighted by Gasteiger charge is 2.10. The highest BCUT2D eigenvalue weighted by molar-refractivity contribution is 9.12. The minimum Gasteiger partial charge on any atom is -0.264 e. The Morgan fingerprint density at radius 1 is 0.833 bits per heavy atom. The predicted octanol–water partition coefficient (Wildman–Crippen LogP) is 7.10.